The van der Waals surface area contributed by atoms with Crippen molar-refractivity contribution in [2.75, 3.05) is 11.4 Å². The van der Waals surface area contributed by atoms with Crippen molar-refractivity contribution in [2.24, 2.45) is 5.73 Å². The Morgan fingerprint density at radius 1 is 1.16 bits per heavy atom. The zero-order valence-corrected chi connectivity index (χ0v) is 11.8. The number of aromatic nitrogens is 1. The van der Waals surface area contributed by atoms with Crippen LogP contribution in [0.5, 0.6) is 0 Å². The highest BCUT2D eigenvalue weighted by Crippen LogP contribution is 2.20. The van der Waals surface area contributed by atoms with Crippen LogP contribution in [0.15, 0.2) is 42.5 Å². The van der Waals surface area contributed by atoms with Gasteiger partial charge in [-0.2, -0.15) is 0 Å². The lowest BCUT2D eigenvalue weighted by Crippen LogP contribution is -2.23. The summed E-state index contributed by atoms with van der Waals surface area (Å²) in [5.41, 5.74) is 7.65. The number of nitrogens with two attached hydrogens (primary N) is 1. The highest BCUT2D eigenvalue weighted by molar-refractivity contribution is 6.31. The molecule has 0 saturated heterocycles. The molecule has 0 unspecified atom stereocenters. The molecule has 0 fully saturated rings. The molecule has 1 aromatic carbocycles. The maximum absolute atomic E-state index is 6.04. The van der Waals surface area contributed by atoms with Crippen LogP contribution in [0.2, 0.25) is 5.02 Å². The Balaban J connectivity index is 2.22. The Labute approximate surface area is 119 Å². The van der Waals surface area contributed by atoms with Gasteiger partial charge in [0.2, 0.25) is 0 Å². The minimum atomic E-state index is 0.357. The summed E-state index contributed by atoms with van der Waals surface area (Å²) in [5.74, 6) is 0.913. The van der Waals surface area contributed by atoms with E-state index < -0.39 is 0 Å². The number of hydrogen-bond acceptors (Lipinski definition) is 3. The Morgan fingerprint density at radius 2 is 1.89 bits per heavy atom. The van der Waals surface area contributed by atoms with Gasteiger partial charge in [0.1, 0.15) is 5.82 Å². The van der Waals surface area contributed by atoms with Crippen molar-refractivity contribution >= 4 is 17.4 Å². The van der Waals surface area contributed by atoms with Crippen LogP contribution in [0.4, 0.5) is 5.82 Å². The van der Waals surface area contributed by atoms with Crippen LogP contribution in [0.1, 0.15) is 18.2 Å². The molecule has 100 valence electrons. The van der Waals surface area contributed by atoms with Gasteiger partial charge in [0.25, 0.3) is 0 Å². The number of hydrogen-bond donors (Lipinski definition) is 1. The summed E-state index contributed by atoms with van der Waals surface area (Å²) in [6.07, 6.45) is 0. The first-order valence-corrected chi connectivity index (χ1v) is 6.76. The van der Waals surface area contributed by atoms with Gasteiger partial charge in [-0.25, -0.2) is 4.98 Å². The highest BCUT2D eigenvalue weighted by atomic mass is 35.5. The molecule has 0 saturated carbocycles. The number of pyridine rings is 1. The number of halogens is 1. The van der Waals surface area contributed by atoms with E-state index in [0.29, 0.717) is 11.6 Å². The average Bonchev–Trinajstić information content (AvgIpc) is 2.46. The molecule has 4 heteroatoms. The maximum atomic E-state index is 6.04. The number of benzene rings is 1. The third kappa shape index (κ3) is 3.46. The zero-order valence-electron chi connectivity index (χ0n) is 11.0. The lowest BCUT2D eigenvalue weighted by Gasteiger charge is -2.22. The van der Waals surface area contributed by atoms with Crippen LogP contribution in [-0.4, -0.2) is 11.5 Å². The van der Waals surface area contributed by atoms with Gasteiger partial charge in [-0.1, -0.05) is 41.9 Å². The molecule has 0 aliphatic heterocycles. The fraction of sp³-hybridized carbons (Fsp3) is 0.267. The van der Waals surface area contributed by atoms with Gasteiger partial charge < -0.3 is 10.6 Å². The van der Waals surface area contributed by atoms with Gasteiger partial charge >= 0.3 is 0 Å². The molecule has 0 bridgehead atoms. The fourth-order valence-electron chi connectivity index (χ4n) is 1.95. The van der Waals surface area contributed by atoms with Crippen LogP contribution in [0, 0.1) is 0 Å². The molecule has 0 amide bonds. The van der Waals surface area contributed by atoms with E-state index in [2.05, 4.69) is 28.9 Å². The molecule has 0 radical (unpaired) electrons. The predicted molar refractivity (Wildman–Crippen MR) is 80.3 cm³/mol. The third-order valence-electron chi connectivity index (χ3n) is 3.02. The molecule has 0 atom stereocenters. The third-order valence-corrected chi connectivity index (χ3v) is 3.36. The number of nitrogens with zero attached hydrogens (tertiary/aromatic N) is 2. The van der Waals surface area contributed by atoms with Crippen LogP contribution < -0.4 is 10.6 Å². The lowest BCUT2D eigenvalue weighted by molar-refractivity contribution is 0.805. The summed E-state index contributed by atoms with van der Waals surface area (Å²) in [7, 11) is 0. The molecule has 2 N–H and O–H groups in total. The molecule has 1 heterocycles. The molecular formula is C15H18ClN3. The second-order valence-electron chi connectivity index (χ2n) is 4.30. The normalized spacial score (nSPS) is 10.5. The van der Waals surface area contributed by atoms with Crippen LogP contribution in [0.25, 0.3) is 0 Å². The summed E-state index contributed by atoms with van der Waals surface area (Å²) >= 11 is 6.04. The van der Waals surface area contributed by atoms with Crippen molar-refractivity contribution in [3.05, 3.63) is 58.7 Å². The minimum absolute atomic E-state index is 0.357. The van der Waals surface area contributed by atoms with E-state index in [4.69, 9.17) is 17.3 Å². The Hall–Kier alpha value is -1.58. The minimum Gasteiger partial charge on any atom is -0.353 e. The summed E-state index contributed by atoms with van der Waals surface area (Å²) in [4.78, 5) is 6.73. The standard InChI is InChI=1S/C15H18ClN3/c1-2-19(11-12-6-4-3-5-7-12)15-9-8-13(16)14(10-17)18-15/h3-9H,2,10-11,17H2,1H3. The highest BCUT2D eigenvalue weighted by Gasteiger charge is 2.09. The molecule has 0 spiro atoms. The molecule has 2 rings (SSSR count). The molecule has 1 aromatic heterocycles. The molecule has 0 aliphatic rings. The zero-order chi connectivity index (χ0) is 13.7. The molecular weight excluding hydrogens is 258 g/mol. The van der Waals surface area contributed by atoms with Crippen LogP contribution in [-0.2, 0) is 13.1 Å². The second kappa shape index (κ2) is 6.55. The predicted octanol–water partition coefficient (Wildman–Crippen LogP) is 3.22. The monoisotopic (exact) mass is 275 g/mol. The van der Waals surface area contributed by atoms with Gasteiger partial charge in [0.05, 0.1) is 10.7 Å². The van der Waals surface area contributed by atoms with Gasteiger partial charge in [-0.3, -0.25) is 0 Å². The molecule has 19 heavy (non-hydrogen) atoms. The van der Waals surface area contributed by atoms with Gasteiger partial charge in [0.15, 0.2) is 0 Å². The largest absolute Gasteiger partial charge is 0.353 e. The topological polar surface area (TPSA) is 42.1 Å². The summed E-state index contributed by atoms with van der Waals surface area (Å²) in [6, 6.07) is 14.1. The molecule has 0 aliphatic carbocycles. The summed E-state index contributed by atoms with van der Waals surface area (Å²) in [5, 5.41) is 0.627. The van der Waals surface area contributed by atoms with Crippen molar-refractivity contribution in [1.82, 2.24) is 4.98 Å². The van der Waals surface area contributed by atoms with Crippen molar-refractivity contribution in [1.29, 1.82) is 0 Å². The Bertz CT molecular complexity index is 528. The van der Waals surface area contributed by atoms with E-state index in [1.807, 2.05) is 30.3 Å². The molecule has 3 nitrogen and oxygen atoms in total. The quantitative estimate of drug-likeness (QED) is 0.911. The van der Waals surface area contributed by atoms with Gasteiger partial charge in [-0.15, -0.1) is 0 Å². The summed E-state index contributed by atoms with van der Waals surface area (Å²) in [6.45, 7) is 4.18. The summed E-state index contributed by atoms with van der Waals surface area (Å²) < 4.78 is 0. The average molecular weight is 276 g/mol. The second-order valence-corrected chi connectivity index (χ2v) is 4.71. The fourth-order valence-corrected chi connectivity index (χ4v) is 2.13. The van der Waals surface area contributed by atoms with E-state index in [0.717, 1.165) is 24.6 Å². The van der Waals surface area contributed by atoms with E-state index in [1.165, 1.54) is 5.56 Å². The van der Waals surface area contributed by atoms with Gasteiger partial charge in [0, 0.05) is 19.6 Å². The first kappa shape index (κ1) is 13.8. The lowest BCUT2D eigenvalue weighted by atomic mass is 10.2. The van der Waals surface area contributed by atoms with E-state index in [1.54, 1.807) is 0 Å². The Morgan fingerprint density at radius 3 is 2.53 bits per heavy atom. The van der Waals surface area contributed by atoms with E-state index in [-0.39, 0.29) is 0 Å². The number of anilines is 1. The Kier molecular flexibility index (Phi) is 4.77. The van der Waals surface area contributed by atoms with Crippen LogP contribution >= 0.6 is 11.6 Å². The number of rotatable bonds is 5. The first-order chi connectivity index (χ1) is 9.24. The maximum Gasteiger partial charge on any atom is 0.129 e. The van der Waals surface area contributed by atoms with E-state index >= 15 is 0 Å². The van der Waals surface area contributed by atoms with Crippen molar-refractivity contribution < 1.29 is 0 Å². The van der Waals surface area contributed by atoms with Crippen molar-refractivity contribution in [3.63, 3.8) is 0 Å². The molecule has 2 aromatic rings. The van der Waals surface area contributed by atoms with Crippen molar-refractivity contribution in [2.45, 2.75) is 20.0 Å². The SMILES string of the molecule is CCN(Cc1ccccc1)c1ccc(Cl)c(CN)n1. The van der Waals surface area contributed by atoms with Gasteiger partial charge in [-0.05, 0) is 24.6 Å². The smallest absolute Gasteiger partial charge is 0.129 e. The van der Waals surface area contributed by atoms with Crippen molar-refractivity contribution in [3.8, 4) is 0 Å². The van der Waals surface area contributed by atoms with Crippen LogP contribution in [0.3, 0.4) is 0 Å². The first-order valence-electron chi connectivity index (χ1n) is 6.39. The van der Waals surface area contributed by atoms with E-state index in [9.17, 15) is 0 Å².